The van der Waals surface area contributed by atoms with Crippen molar-refractivity contribution < 1.29 is 28.9 Å². The normalized spacial score (nSPS) is 48.7. The van der Waals surface area contributed by atoms with E-state index >= 15 is 0 Å². The van der Waals surface area contributed by atoms with Gasteiger partial charge in [0.2, 0.25) is 5.78 Å². The van der Waals surface area contributed by atoms with Gasteiger partial charge in [0.05, 0.1) is 12.2 Å². The Kier molecular flexibility index (Phi) is 5.02. The van der Waals surface area contributed by atoms with Gasteiger partial charge in [-0.15, -0.1) is 0 Å². The molecule has 3 saturated carbocycles. The van der Waals surface area contributed by atoms with Crippen LogP contribution in [-0.2, 0) is 23.8 Å². The molecule has 1 N–H and O–H groups in total. The van der Waals surface area contributed by atoms with Gasteiger partial charge < -0.3 is 19.3 Å². The minimum absolute atomic E-state index is 0.136. The Labute approximate surface area is 191 Å². The van der Waals surface area contributed by atoms with Gasteiger partial charge in [-0.05, 0) is 82.0 Å². The maximum Gasteiger partial charge on any atom is 0.303 e. The SMILES string of the molecule is CC(=O)OCC(=O)C12OC(C)(C)OC1CC1C3CC=C4CC(O)CCC4(C)C3CCC12C. The Morgan fingerprint density at radius 2 is 1.91 bits per heavy atom. The van der Waals surface area contributed by atoms with Gasteiger partial charge in [-0.3, -0.25) is 9.59 Å². The number of ketones is 1. The van der Waals surface area contributed by atoms with Crippen molar-refractivity contribution in [3.8, 4) is 0 Å². The van der Waals surface area contributed by atoms with E-state index in [0.717, 1.165) is 44.9 Å². The Balaban J connectivity index is 1.51. The van der Waals surface area contributed by atoms with Crippen molar-refractivity contribution in [2.75, 3.05) is 6.61 Å². The first-order chi connectivity index (χ1) is 14.9. The average molecular weight is 447 g/mol. The molecule has 8 atom stereocenters. The summed E-state index contributed by atoms with van der Waals surface area (Å²) in [7, 11) is 0. The number of carbonyl (C=O) groups is 2. The lowest BCUT2D eigenvalue weighted by molar-refractivity contribution is -0.215. The van der Waals surface area contributed by atoms with E-state index in [1.165, 1.54) is 12.5 Å². The maximum atomic E-state index is 13.7. The van der Waals surface area contributed by atoms with E-state index in [1.807, 2.05) is 13.8 Å². The fourth-order valence-electron chi connectivity index (χ4n) is 8.52. The number of fused-ring (bicyclic) bond motifs is 7. The van der Waals surface area contributed by atoms with Crippen molar-refractivity contribution in [1.29, 1.82) is 0 Å². The first kappa shape index (κ1) is 22.5. The zero-order valence-corrected chi connectivity index (χ0v) is 20.1. The molecule has 0 aromatic rings. The molecule has 0 aromatic carbocycles. The van der Waals surface area contributed by atoms with E-state index in [1.54, 1.807) is 0 Å². The molecular weight excluding hydrogens is 408 g/mol. The van der Waals surface area contributed by atoms with E-state index in [0.29, 0.717) is 17.8 Å². The highest BCUT2D eigenvalue weighted by molar-refractivity contribution is 5.92. The number of allylic oxidation sites excluding steroid dienone is 1. The highest BCUT2D eigenvalue weighted by Gasteiger charge is 2.75. The van der Waals surface area contributed by atoms with Crippen LogP contribution in [0.3, 0.4) is 0 Å². The fourth-order valence-corrected chi connectivity index (χ4v) is 8.52. The van der Waals surface area contributed by atoms with Gasteiger partial charge in [0, 0.05) is 12.3 Å². The fraction of sp³-hybridized carbons (Fsp3) is 0.846. The second kappa shape index (κ2) is 7.13. The largest absolute Gasteiger partial charge is 0.458 e. The Hall–Kier alpha value is -1.24. The Bertz CT molecular complexity index is 862. The lowest BCUT2D eigenvalue weighted by atomic mass is 9.46. The van der Waals surface area contributed by atoms with Crippen molar-refractivity contribution in [3.05, 3.63) is 11.6 Å². The summed E-state index contributed by atoms with van der Waals surface area (Å²) in [5, 5.41) is 10.2. The number of ether oxygens (including phenoxy) is 3. The third-order valence-corrected chi connectivity index (χ3v) is 9.89. The molecule has 1 heterocycles. The van der Waals surface area contributed by atoms with Crippen molar-refractivity contribution >= 4 is 11.8 Å². The number of carbonyl (C=O) groups excluding carboxylic acids is 2. The molecule has 1 aliphatic heterocycles. The molecule has 1 saturated heterocycles. The lowest BCUT2D eigenvalue weighted by Crippen LogP contribution is -2.61. The molecule has 5 aliphatic rings. The van der Waals surface area contributed by atoms with Crippen LogP contribution >= 0.6 is 0 Å². The van der Waals surface area contributed by atoms with Crippen molar-refractivity contribution in [3.63, 3.8) is 0 Å². The number of esters is 1. The summed E-state index contributed by atoms with van der Waals surface area (Å²) < 4.78 is 18.1. The molecule has 0 radical (unpaired) electrons. The molecule has 6 heteroatoms. The highest BCUT2D eigenvalue weighted by atomic mass is 16.8. The molecule has 6 nitrogen and oxygen atoms in total. The number of aliphatic hydroxyl groups excluding tert-OH is 1. The minimum atomic E-state index is -1.07. The molecule has 0 amide bonds. The summed E-state index contributed by atoms with van der Waals surface area (Å²) >= 11 is 0. The summed E-state index contributed by atoms with van der Waals surface area (Å²) in [6, 6.07) is 0. The van der Waals surface area contributed by atoms with Crippen LogP contribution in [-0.4, -0.2) is 47.1 Å². The van der Waals surface area contributed by atoms with Crippen LogP contribution in [0, 0.1) is 28.6 Å². The van der Waals surface area contributed by atoms with Crippen LogP contribution in [0.4, 0.5) is 0 Å². The smallest absolute Gasteiger partial charge is 0.303 e. The molecule has 8 unspecified atom stereocenters. The molecule has 4 fully saturated rings. The number of rotatable bonds is 3. The molecule has 32 heavy (non-hydrogen) atoms. The van der Waals surface area contributed by atoms with Gasteiger partial charge in [-0.2, -0.15) is 0 Å². The molecule has 4 aliphatic carbocycles. The van der Waals surface area contributed by atoms with Gasteiger partial charge in [-0.1, -0.05) is 25.5 Å². The third-order valence-electron chi connectivity index (χ3n) is 9.89. The van der Waals surface area contributed by atoms with E-state index in [2.05, 4.69) is 19.9 Å². The molecule has 0 bridgehead atoms. The molecule has 178 valence electrons. The van der Waals surface area contributed by atoms with Crippen molar-refractivity contribution in [1.82, 2.24) is 0 Å². The summed E-state index contributed by atoms with van der Waals surface area (Å²) in [6.45, 7) is 9.44. The van der Waals surface area contributed by atoms with Gasteiger partial charge in [0.1, 0.15) is 0 Å². The van der Waals surface area contributed by atoms with Crippen molar-refractivity contribution in [2.24, 2.45) is 28.6 Å². The summed E-state index contributed by atoms with van der Waals surface area (Å²) in [5.74, 6) is -0.120. The first-order valence-electron chi connectivity index (χ1n) is 12.4. The number of hydrogen-bond acceptors (Lipinski definition) is 6. The molecule has 0 aromatic heterocycles. The second-order valence-corrected chi connectivity index (χ2v) is 11.9. The highest BCUT2D eigenvalue weighted by Crippen LogP contribution is 2.70. The summed E-state index contributed by atoms with van der Waals surface area (Å²) in [6.07, 6.45) is 8.29. The predicted molar refractivity (Wildman–Crippen MR) is 118 cm³/mol. The number of aliphatic hydroxyl groups is 1. The molecule has 5 rings (SSSR count). The van der Waals surface area contributed by atoms with Crippen LogP contribution < -0.4 is 0 Å². The molecule has 0 spiro atoms. The van der Waals surface area contributed by atoms with Crippen LogP contribution in [0.25, 0.3) is 0 Å². The van der Waals surface area contributed by atoms with E-state index in [9.17, 15) is 14.7 Å². The maximum absolute atomic E-state index is 13.7. The Morgan fingerprint density at radius 3 is 2.62 bits per heavy atom. The van der Waals surface area contributed by atoms with Crippen LogP contribution in [0.2, 0.25) is 0 Å². The van der Waals surface area contributed by atoms with E-state index in [4.69, 9.17) is 14.2 Å². The summed E-state index contributed by atoms with van der Waals surface area (Å²) in [5.41, 5.74) is 0.139. The standard InChI is InChI=1S/C26H38O6/c1-15(27)30-14-21(29)26-22(31-23(2,3)32-26)13-20-18-7-6-16-12-17(28)8-10-24(16,4)19(18)9-11-25(20,26)5/h6,17-20,22,28H,7-14H2,1-5H3. The Morgan fingerprint density at radius 1 is 1.16 bits per heavy atom. The van der Waals surface area contributed by atoms with Crippen LogP contribution in [0.5, 0.6) is 0 Å². The van der Waals surface area contributed by atoms with Gasteiger partial charge in [-0.25, -0.2) is 0 Å². The number of Topliss-reactive ketones (excluding diaryl/α,β-unsaturated/α-hetero) is 1. The average Bonchev–Trinajstić information content (AvgIpc) is 3.12. The minimum Gasteiger partial charge on any atom is -0.458 e. The van der Waals surface area contributed by atoms with Gasteiger partial charge in [0.25, 0.3) is 0 Å². The predicted octanol–water partition coefficient (Wildman–Crippen LogP) is 3.94. The zero-order valence-electron chi connectivity index (χ0n) is 20.1. The number of hydrogen-bond donors (Lipinski definition) is 1. The van der Waals surface area contributed by atoms with Gasteiger partial charge in [0.15, 0.2) is 18.0 Å². The monoisotopic (exact) mass is 446 g/mol. The van der Waals surface area contributed by atoms with Gasteiger partial charge >= 0.3 is 5.97 Å². The van der Waals surface area contributed by atoms with Crippen LogP contribution in [0.1, 0.15) is 79.6 Å². The van der Waals surface area contributed by atoms with Crippen LogP contribution in [0.15, 0.2) is 11.6 Å². The topological polar surface area (TPSA) is 82.1 Å². The first-order valence-corrected chi connectivity index (χ1v) is 12.4. The second-order valence-electron chi connectivity index (χ2n) is 11.9. The lowest BCUT2D eigenvalue weighted by Gasteiger charge is -2.59. The van der Waals surface area contributed by atoms with E-state index < -0.39 is 17.4 Å². The summed E-state index contributed by atoms with van der Waals surface area (Å²) in [4.78, 5) is 25.1. The van der Waals surface area contributed by atoms with Crippen molar-refractivity contribution in [2.45, 2.75) is 103 Å². The zero-order chi connectivity index (χ0) is 23.1. The third kappa shape index (κ3) is 2.94. The van der Waals surface area contributed by atoms with E-state index in [-0.39, 0.29) is 35.4 Å². The quantitative estimate of drug-likeness (QED) is 0.522. The molecular formula is C26H38O6.